The zero-order valence-electron chi connectivity index (χ0n) is 17.2. The molecule has 0 aliphatic heterocycles. The van der Waals surface area contributed by atoms with E-state index in [0.29, 0.717) is 17.9 Å². The fourth-order valence-electron chi connectivity index (χ4n) is 3.20. The van der Waals surface area contributed by atoms with E-state index in [0.717, 1.165) is 30.4 Å². The second kappa shape index (κ2) is 9.32. The Hall–Kier alpha value is -3.22. The monoisotopic (exact) mass is 393 g/mol. The molecule has 0 radical (unpaired) electrons. The summed E-state index contributed by atoms with van der Waals surface area (Å²) in [6.45, 7) is 3.35. The summed E-state index contributed by atoms with van der Waals surface area (Å²) >= 11 is 0. The van der Waals surface area contributed by atoms with Crippen molar-refractivity contribution in [1.82, 2.24) is 24.3 Å². The summed E-state index contributed by atoms with van der Waals surface area (Å²) in [5, 5.41) is 0. The van der Waals surface area contributed by atoms with Gasteiger partial charge < -0.3 is 14.4 Å². The minimum Gasteiger partial charge on any atom is -0.344 e. The van der Waals surface area contributed by atoms with Crippen LogP contribution in [-0.2, 0) is 17.9 Å². The van der Waals surface area contributed by atoms with E-state index in [1.165, 1.54) is 0 Å². The molecule has 0 bridgehead atoms. The number of amides is 2. The second-order valence-corrected chi connectivity index (χ2v) is 7.17. The number of unbranched alkanes of at least 4 members (excludes halogenated alkanes) is 1. The van der Waals surface area contributed by atoms with Crippen molar-refractivity contribution in [2.24, 2.45) is 0 Å². The van der Waals surface area contributed by atoms with Crippen LogP contribution in [0.3, 0.4) is 0 Å². The third-order valence-corrected chi connectivity index (χ3v) is 4.95. The number of nitrogens with zero attached hydrogens (tertiary/aromatic N) is 5. The lowest BCUT2D eigenvalue weighted by Crippen LogP contribution is -2.33. The Morgan fingerprint density at radius 3 is 2.48 bits per heavy atom. The number of carbonyl (C=O) groups excluding carboxylic acids is 2. The van der Waals surface area contributed by atoms with Gasteiger partial charge in [-0.05, 0) is 30.7 Å². The molecule has 0 N–H and O–H groups in total. The quantitative estimate of drug-likeness (QED) is 0.590. The van der Waals surface area contributed by atoms with Gasteiger partial charge in [0.05, 0.1) is 17.6 Å². The van der Waals surface area contributed by atoms with Gasteiger partial charge in [0.25, 0.3) is 5.91 Å². The van der Waals surface area contributed by atoms with Crippen LogP contribution in [0.25, 0.3) is 11.0 Å². The van der Waals surface area contributed by atoms with E-state index >= 15 is 0 Å². The average Bonchev–Trinajstić information content (AvgIpc) is 3.08. The molecule has 1 aromatic carbocycles. The smallest absolute Gasteiger partial charge is 0.254 e. The molecule has 152 valence electrons. The van der Waals surface area contributed by atoms with Gasteiger partial charge in [-0.2, -0.15) is 0 Å². The number of hydrogen-bond donors (Lipinski definition) is 0. The molecule has 0 aliphatic carbocycles. The summed E-state index contributed by atoms with van der Waals surface area (Å²) in [6.07, 6.45) is 5.21. The molecule has 29 heavy (non-hydrogen) atoms. The van der Waals surface area contributed by atoms with E-state index in [2.05, 4.69) is 16.9 Å². The molecule has 0 spiro atoms. The number of para-hydroxylation sites is 2. The normalized spacial score (nSPS) is 10.9. The van der Waals surface area contributed by atoms with Crippen LogP contribution in [0.1, 0.15) is 35.9 Å². The van der Waals surface area contributed by atoms with E-state index in [-0.39, 0.29) is 18.4 Å². The summed E-state index contributed by atoms with van der Waals surface area (Å²) in [6, 6.07) is 11.1. The van der Waals surface area contributed by atoms with E-state index < -0.39 is 0 Å². The third-order valence-electron chi connectivity index (χ3n) is 4.95. The maximum absolute atomic E-state index is 12.7. The van der Waals surface area contributed by atoms with Crippen LogP contribution in [-0.4, -0.2) is 56.8 Å². The fourth-order valence-corrected chi connectivity index (χ4v) is 3.20. The van der Waals surface area contributed by atoms with Crippen LogP contribution < -0.4 is 0 Å². The van der Waals surface area contributed by atoms with Crippen molar-refractivity contribution in [1.29, 1.82) is 0 Å². The highest BCUT2D eigenvalue weighted by Gasteiger charge is 2.19. The van der Waals surface area contributed by atoms with E-state index in [1.807, 2.05) is 35.9 Å². The molecule has 0 atom stereocenters. The van der Waals surface area contributed by atoms with E-state index in [4.69, 9.17) is 0 Å². The predicted octanol–water partition coefficient (Wildman–Crippen LogP) is 2.96. The maximum Gasteiger partial charge on any atom is 0.254 e. The molecule has 2 heterocycles. The van der Waals surface area contributed by atoms with Crippen LogP contribution in [0, 0.1) is 0 Å². The Kier molecular flexibility index (Phi) is 6.59. The van der Waals surface area contributed by atoms with Crippen LogP contribution in [0.2, 0.25) is 0 Å². The largest absolute Gasteiger partial charge is 0.344 e. The topological polar surface area (TPSA) is 71.3 Å². The SMILES string of the molecule is CCCCN(C)C(=O)Cn1c(CN(C)C(=O)c2ccncc2)nc2ccccc21. The van der Waals surface area contributed by atoms with Crippen LogP contribution >= 0.6 is 0 Å². The molecular formula is C22H27N5O2. The first-order valence-electron chi connectivity index (χ1n) is 9.84. The number of pyridine rings is 1. The predicted molar refractivity (Wildman–Crippen MR) is 112 cm³/mol. The lowest BCUT2D eigenvalue weighted by molar-refractivity contribution is -0.130. The lowest BCUT2D eigenvalue weighted by atomic mass is 10.2. The summed E-state index contributed by atoms with van der Waals surface area (Å²) in [5.74, 6) is 0.608. The number of rotatable bonds is 8. The van der Waals surface area contributed by atoms with Crippen molar-refractivity contribution in [3.05, 3.63) is 60.2 Å². The molecule has 3 rings (SSSR count). The van der Waals surface area contributed by atoms with Crippen molar-refractivity contribution < 1.29 is 9.59 Å². The summed E-state index contributed by atoms with van der Waals surface area (Å²) in [4.78, 5) is 37.5. The van der Waals surface area contributed by atoms with Crippen molar-refractivity contribution in [2.45, 2.75) is 32.9 Å². The molecule has 0 aliphatic rings. The van der Waals surface area contributed by atoms with Crippen LogP contribution in [0.4, 0.5) is 0 Å². The zero-order chi connectivity index (χ0) is 20.8. The molecule has 0 saturated heterocycles. The summed E-state index contributed by atoms with van der Waals surface area (Å²) in [5.41, 5.74) is 2.28. The van der Waals surface area contributed by atoms with Crippen molar-refractivity contribution >= 4 is 22.8 Å². The standard InChI is InChI=1S/C22H27N5O2/c1-4-5-14-25(2)21(28)16-27-19-9-7-6-8-18(19)24-20(27)15-26(3)22(29)17-10-12-23-13-11-17/h6-13H,4-5,14-16H2,1-3H3. The highest BCUT2D eigenvalue weighted by molar-refractivity contribution is 5.93. The minimum absolute atomic E-state index is 0.0333. The summed E-state index contributed by atoms with van der Waals surface area (Å²) < 4.78 is 1.91. The second-order valence-electron chi connectivity index (χ2n) is 7.17. The Morgan fingerprint density at radius 1 is 1.03 bits per heavy atom. The van der Waals surface area contributed by atoms with Gasteiger partial charge in [-0.3, -0.25) is 14.6 Å². The lowest BCUT2D eigenvalue weighted by Gasteiger charge is -2.20. The van der Waals surface area contributed by atoms with Gasteiger partial charge in [-0.25, -0.2) is 4.98 Å². The molecule has 0 fully saturated rings. The highest BCUT2D eigenvalue weighted by Crippen LogP contribution is 2.18. The number of likely N-dealkylation sites (N-methyl/N-ethyl adjacent to an activating group) is 1. The van der Waals surface area contributed by atoms with Crippen molar-refractivity contribution in [2.75, 3.05) is 20.6 Å². The van der Waals surface area contributed by atoms with Gasteiger partial charge in [0, 0.05) is 38.6 Å². The van der Waals surface area contributed by atoms with Gasteiger partial charge in [0.2, 0.25) is 5.91 Å². The van der Waals surface area contributed by atoms with Crippen LogP contribution in [0.15, 0.2) is 48.8 Å². The van der Waals surface area contributed by atoms with Crippen molar-refractivity contribution in [3.63, 3.8) is 0 Å². The molecule has 0 saturated carbocycles. The molecule has 2 aromatic heterocycles. The Morgan fingerprint density at radius 2 is 1.76 bits per heavy atom. The van der Waals surface area contributed by atoms with Gasteiger partial charge in [0.15, 0.2) is 0 Å². The van der Waals surface area contributed by atoms with Gasteiger partial charge in [-0.1, -0.05) is 25.5 Å². The number of carbonyl (C=O) groups is 2. The summed E-state index contributed by atoms with van der Waals surface area (Å²) in [7, 11) is 3.57. The number of benzene rings is 1. The number of fused-ring (bicyclic) bond motifs is 1. The minimum atomic E-state index is -0.114. The molecule has 7 nitrogen and oxygen atoms in total. The number of imidazole rings is 1. The first-order valence-corrected chi connectivity index (χ1v) is 9.84. The van der Waals surface area contributed by atoms with Gasteiger partial charge in [-0.15, -0.1) is 0 Å². The molecule has 0 unspecified atom stereocenters. The maximum atomic E-state index is 12.7. The van der Waals surface area contributed by atoms with Crippen molar-refractivity contribution in [3.8, 4) is 0 Å². The molecular weight excluding hydrogens is 366 g/mol. The number of hydrogen-bond acceptors (Lipinski definition) is 4. The Bertz CT molecular complexity index is 983. The fraction of sp³-hybridized carbons (Fsp3) is 0.364. The average molecular weight is 393 g/mol. The van der Waals surface area contributed by atoms with E-state index in [1.54, 1.807) is 41.4 Å². The molecule has 3 aromatic rings. The molecule has 7 heteroatoms. The third kappa shape index (κ3) is 4.80. The first kappa shape index (κ1) is 20.5. The Balaban J connectivity index is 1.85. The van der Waals surface area contributed by atoms with Crippen LogP contribution in [0.5, 0.6) is 0 Å². The van der Waals surface area contributed by atoms with Gasteiger partial charge in [0.1, 0.15) is 12.4 Å². The molecule has 2 amide bonds. The first-order chi connectivity index (χ1) is 14.0. The van der Waals surface area contributed by atoms with E-state index in [9.17, 15) is 9.59 Å². The highest BCUT2D eigenvalue weighted by atomic mass is 16.2. The zero-order valence-corrected chi connectivity index (χ0v) is 17.2. The van der Waals surface area contributed by atoms with Gasteiger partial charge >= 0.3 is 0 Å². The number of aromatic nitrogens is 3. The Labute approximate surface area is 171 Å².